The number of nitrogens with one attached hydrogen (secondary N) is 5. The van der Waals surface area contributed by atoms with Crippen molar-refractivity contribution in [2.45, 2.75) is 38.8 Å². The van der Waals surface area contributed by atoms with Crippen LogP contribution < -0.4 is 32.3 Å². The van der Waals surface area contributed by atoms with Crippen LogP contribution in [0, 0.1) is 5.92 Å². The zero-order chi connectivity index (χ0) is 18.5. The number of urea groups is 1. The summed E-state index contributed by atoms with van der Waals surface area (Å²) < 4.78 is 0. The lowest BCUT2D eigenvalue weighted by molar-refractivity contribution is -0.130. The molecular formula is C15H32N6O3. The standard InChI is InChI=1S/C15H32N6O3/c1-10(2)12(18-4)14(23)21-11(6-5-7-20-15(16)24)13(22)19-9-8-17-3/h10-12,17-18H,5-9H2,1-4H3,(H,19,22)(H,21,23)(H3,16,20,24)/t11-,12-/m0/s1. The summed E-state index contributed by atoms with van der Waals surface area (Å²) in [6.07, 6.45) is 0.936. The second-order valence-corrected chi connectivity index (χ2v) is 5.90. The Morgan fingerprint density at radius 2 is 1.62 bits per heavy atom. The van der Waals surface area contributed by atoms with Gasteiger partial charge in [0.15, 0.2) is 0 Å². The quantitative estimate of drug-likeness (QED) is 0.239. The van der Waals surface area contributed by atoms with Crippen LogP contribution in [-0.4, -0.2) is 63.7 Å². The van der Waals surface area contributed by atoms with Gasteiger partial charge in [-0.1, -0.05) is 13.8 Å². The first-order valence-electron chi connectivity index (χ1n) is 8.26. The number of rotatable bonds is 12. The van der Waals surface area contributed by atoms with Crippen LogP contribution in [0.25, 0.3) is 0 Å². The average Bonchev–Trinajstić information content (AvgIpc) is 2.50. The molecular weight excluding hydrogens is 312 g/mol. The highest BCUT2D eigenvalue weighted by Crippen LogP contribution is 2.04. The largest absolute Gasteiger partial charge is 0.353 e. The monoisotopic (exact) mass is 344 g/mol. The summed E-state index contributed by atoms with van der Waals surface area (Å²) in [7, 11) is 3.50. The molecule has 24 heavy (non-hydrogen) atoms. The lowest BCUT2D eigenvalue weighted by Crippen LogP contribution is -2.54. The maximum atomic E-state index is 12.3. The number of amides is 4. The van der Waals surface area contributed by atoms with Gasteiger partial charge in [-0.2, -0.15) is 0 Å². The Labute approximate surface area is 143 Å². The van der Waals surface area contributed by atoms with E-state index >= 15 is 0 Å². The van der Waals surface area contributed by atoms with Crippen LogP contribution >= 0.6 is 0 Å². The van der Waals surface area contributed by atoms with Crippen molar-refractivity contribution in [3.63, 3.8) is 0 Å². The minimum Gasteiger partial charge on any atom is -0.353 e. The number of primary amides is 1. The number of hydrogen-bond acceptors (Lipinski definition) is 5. The first-order chi connectivity index (χ1) is 11.3. The maximum absolute atomic E-state index is 12.3. The number of hydrogen-bond donors (Lipinski definition) is 6. The van der Waals surface area contributed by atoms with Gasteiger partial charge in [-0.15, -0.1) is 0 Å². The van der Waals surface area contributed by atoms with Crippen molar-refractivity contribution < 1.29 is 14.4 Å². The summed E-state index contributed by atoms with van der Waals surface area (Å²) in [6.45, 7) is 5.33. The Kier molecular flexibility index (Phi) is 11.6. The minimum atomic E-state index is -0.654. The highest BCUT2D eigenvalue weighted by atomic mass is 16.2. The highest BCUT2D eigenvalue weighted by Gasteiger charge is 2.26. The van der Waals surface area contributed by atoms with Gasteiger partial charge in [-0.3, -0.25) is 9.59 Å². The highest BCUT2D eigenvalue weighted by molar-refractivity contribution is 5.89. The smallest absolute Gasteiger partial charge is 0.312 e. The van der Waals surface area contributed by atoms with Gasteiger partial charge in [0.1, 0.15) is 6.04 Å². The molecule has 0 radical (unpaired) electrons. The Balaban J connectivity index is 4.67. The van der Waals surface area contributed by atoms with Crippen molar-refractivity contribution in [3.05, 3.63) is 0 Å². The second kappa shape index (κ2) is 12.5. The van der Waals surface area contributed by atoms with E-state index in [4.69, 9.17) is 5.73 Å². The number of nitrogens with two attached hydrogens (primary N) is 1. The molecule has 0 bridgehead atoms. The van der Waals surface area contributed by atoms with Crippen molar-refractivity contribution in [2.24, 2.45) is 11.7 Å². The van der Waals surface area contributed by atoms with E-state index in [0.717, 1.165) is 0 Å². The van der Waals surface area contributed by atoms with Crippen molar-refractivity contribution in [1.82, 2.24) is 26.6 Å². The predicted molar refractivity (Wildman–Crippen MR) is 93.4 cm³/mol. The van der Waals surface area contributed by atoms with Gasteiger partial charge >= 0.3 is 6.03 Å². The number of carbonyl (C=O) groups is 3. The summed E-state index contributed by atoms with van der Waals surface area (Å²) in [5, 5.41) is 13.9. The van der Waals surface area contributed by atoms with Crippen molar-refractivity contribution in [3.8, 4) is 0 Å². The van der Waals surface area contributed by atoms with Gasteiger partial charge in [0.05, 0.1) is 6.04 Å². The molecule has 0 heterocycles. The second-order valence-electron chi connectivity index (χ2n) is 5.90. The summed E-state index contributed by atoms with van der Waals surface area (Å²) in [4.78, 5) is 35.3. The van der Waals surface area contributed by atoms with E-state index in [0.29, 0.717) is 32.5 Å². The molecule has 0 unspecified atom stereocenters. The zero-order valence-corrected chi connectivity index (χ0v) is 15.1. The Bertz CT molecular complexity index is 403. The fourth-order valence-electron chi connectivity index (χ4n) is 2.25. The van der Waals surface area contributed by atoms with Crippen LogP contribution in [0.2, 0.25) is 0 Å². The van der Waals surface area contributed by atoms with Crippen LogP contribution in [0.4, 0.5) is 4.79 Å². The third-order valence-electron chi connectivity index (χ3n) is 3.54. The van der Waals surface area contributed by atoms with Gasteiger partial charge in [-0.05, 0) is 32.9 Å². The zero-order valence-electron chi connectivity index (χ0n) is 15.1. The number of carbonyl (C=O) groups excluding carboxylic acids is 3. The van der Waals surface area contributed by atoms with E-state index in [-0.39, 0.29) is 23.8 Å². The van der Waals surface area contributed by atoms with E-state index in [1.165, 1.54) is 0 Å². The summed E-state index contributed by atoms with van der Waals surface area (Å²) in [6, 6.07) is -1.64. The molecule has 0 aromatic carbocycles. The summed E-state index contributed by atoms with van der Waals surface area (Å²) in [5.74, 6) is -0.361. The molecule has 140 valence electrons. The normalized spacial score (nSPS) is 13.2. The molecule has 9 heteroatoms. The average molecular weight is 344 g/mol. The van der Waals surface area contributed by atoms with E-state index in [9.17, 15) is 14.4 Å². The molecule has 2 atom stereocenters. The molecule has 0 aromatic rings. The first kappa shape index (κ1) is 22.1. The molecule has 0 spiro atoms. The molecule has 0 aromatic heterocycles. The molecule has 4 amide bonds. The topological polar surface area (TPSA) is 137 Å². The van der Waals surface area contributed by atoms with Crippen molar-refractivity contribution in [1.29, 1.82) is 0 Å². The Hall–Kier alpha value is -1.87. The van der Waals surface area contributed by atoms with Crippen LogP contribution in [0.5, 0.6) is 0 Å². The maximum Gasteiger partial charge on any atom is 0.312 e. The Morgan fingerprint density at radius 1 is 0.958 bits per heavy atom. The third kappa shape index (κ3) is 9.31. The summed E-state index contributed by atoms with van der Waals surface area (Å²) >= 11 is 0. The molecule has 0 fully saturated rings. The lowest BCUT2D eigenvalue weighted by Gasteiger charge is -2.24. The molecule has 0 saturated heterocycles. The summed E-state index contributed by atoms with van der Waals surface area (Å²) in [5.41, 5.74) is 5.01. The molecule has 7 N–H and O–H groups in total. The molecule has 0 aliphatic heterocycles. The van der Waals surface area contributed by atoms with Crippen LogP contribution in [0.15, 0.2) is 0 Å². The van der Waals surface area contributed by atoms with Gasteiger partial charge in [0.2, 0.25) is 11.8 Å². The first-order valence-corrected chi connectivity index (χ1v) is 8.26. The van der Waals surface area contributed by atoms with Crippen LogP contribution in [0.3, 0.4) is 0 Å². The molecule has 0 aliphatic rings. The van der Waals surface area contributed by atoms with E-state index in [2.05, 4.69) is 26.6 Å². The van der Waals surface area contributed by atoms with Crippen LogP contribution in [-0.2, 0) is 9.59 Å². The van der Waals surface area contributed by atoms with Crippen molar-refractivity contribution in [2.75, 3.05) is 33.7 Å². The molecule has 0 saturated carbocycles. The number of likely N-dealkylation sites (N-methyl/N-ethyl adjacent to an activating group) is 2. The van der Waals surface area contributed by atoms with Gasteiger partial charge in [0, 0.05) is 19.6 Å². The van der Waals surface area contributed by atoms with E-state index < -0.39 is 12.1 Å². The van der Waals surface area contributed by atoms with Crippen molar-refractivity contribution >= 4 is 17.8 Å². The van der Waals surface area contributed by atoms with Crippen LogP contribution in [0.1, 0.15) is 26.7 Å². The van der Waals surface area contributed by atoms with E-state index in [1.807, 2.05) is 13.8 Å². The molecule has 0 rings (SSSR count). The fraction of sp³-hybridized carbons (Fsp3) is 0.800. The minimum absolute atomic E-state index is 0.0968. The fourth-order valence-corrected chi connectivity index (χ4v) is 2.25. The lowest BCUT2D eigenvalue weighted by atomic mass is 10.0. The third-order valence-corrected chi connectivity index (χ3v) is 3.54. The van der Waals surface area contributed by atoms with Gasteiger partial charge in [-0.25, -0.2) is 4.79 Å². The SMILES string of the molecule is CNCCNC(=O)[C@H](CCCNC(N)=O)NC(=O)[C@@H](NC)C(C)C. The van der Waals surface area contributed by atoms with E-state index in [1.54, 1.807) is 14.1 Å². The Morgan fingerprint density at radius 3 is 2.12 bits per heavy atom. The predicted octanol–water partition coefficient (Wildman–Crippen LogP) is -1.50. The molecule has 9 nitrogen and oxygen atoms in total. The van der Waals surface area contributed by atoms with Gasteiger partial charge in [0.25, 0.3) is 0 Å². The molecule has 0 aliphatic carbocycles. The van der Waals surface area contributed by atoms with Gasteiger partial charge < -0.3 is 32.3 Å².